The van der Waals surface area contributed by atoms with Crippen LogP contribution >= 0.6 is 0 Å². The van der Waals surface area contributed by atoms with Crippen LogP contribution in [0.5, 0.6) is 0 Å². The first-order valence-electron chi connectivity index (χ1n) is 11.9. The highest BCUT2D eigenvalue weighted by Gasteiger charge is 2.32. The molecule has 0 unspecified atom stereocenters. The number of amides is 1. The third-order valence-corrected chi connectivity index (χ3v) is 7.25. The van der Waals surface area contributed by atoms with Gasteiger partial charge in [0.1, 0.15) is 5.76 Å². The zero-order valence-corrected chi connectivity index (χ0v) is 18.9. The van der Waals surface area contributed by atoms with Crippen LogP contribution in [0.15, 0.2) is 48.8 Å². The Morgan fingerprint density at radius 2 is 1.81 bits per heavy atom. The van der Waals surface area contributed by atoms with E-state index in [2.05, 4.69) is 18.1 Å². The number of rotatable bonds is 9. The molecule has 0 aliphatic carbocycles. The Hall–Kier alpha value is -2.66. The number of aryl methyl sites for hydroxylation is 1. The number of nitrogens with zero attached hydrogens (tertiary/aromatic N) is 2. The number of aliphatic hydroxyl groups is 1. The highest BCUT2D eigenvalue weighted by Crippen LogP contribution is 2.38. The lowest BCUT2D eigenvalue weighted by Crippen LogP contribution is -2.34. The summed E-state index contributed by atoms with van der Waals surface area (Å²) in [5.74, 6) is 1.17. The van der Waals surface area contributed by atoms with E-state index in [4.69, 9.17) is 0 Å². The lowest BCUT2D eigenvalue weighted by Gasteiger charge is -2.32. The van der Waals surface area contributed by atoms with Gasteiger partial charge >= 0.3 is 0 Å². The lowest BCUT2D eigenvalue weighted by molar-refractivity contribution is -0.118. The van der Waals surface area contributed by atoms with Gasteiger partial charge in [-0.1, -0.05) is 25.3 Å². The first-order chi connectivity index (χ1) is 15.5. The molecule has 170 valence electrons. The number of carbonyl (C=O) groups is 2. The SMILES string of the molecule is C=C/C=C(/CCN1CCC(CCC(=O)c2cc3c4c(c2)CCN4C(=O)CC3)CC1)C(=C)O. The van der Waals surface area contributed by atoms with E-state index < -0.39 is 0 Å². The second kappa shape index (κ2) is 9.86. The second-order valence-corrected chi connectivity index (χ2v) is 9.31. The van der Waals surface area contributed by atoms with E-state index in [-0.39, 0.29) is 17.4 Å². The van der Waals surface area contributed by atoms with E-state index in [1.807, 2.05) is 23.1 Å². The number of carbonyl (C=O) groups excluding carboxylic acids is 2. The fraction of sp³-hybridized carbons (Fsp3) is 0.481. The highest BCUT2D eigenvalue weighted by atomic mass is 16.3. The number of benzene rings is 1. The molecule has 0 radical (unpaired) electrons. The van der Waals surface area contributed by atoms with Crippen molar-refractivity contribution in [1.82, 2.24) is 4.90 Å². The summed E-state index contributed by atoms with van der Waals surface area (Å²) < 4.78 is 0. The van der Waals surface area contributed by atoms with Crippen LogP contribution in [0.2, 0.25) is 0 Å². The molecule has 3 heterocycles. The van der Waals surface area contributed by atoms with E-state index in [9.17, 15) is 14.7 Å². The van der Waals surface area contributed by atoms with Gasteiger partial charge in [-0.2, -0.15) is 0 Å². The number of Topliss-reactive ketones (excluding diaryl/α,β-unsaturated/α-hetero) is 1. The van der Waals surface area contributed by atoms with E-state index in [0.29, 0.717) is 18.8 Å². The van der Waals surface area contributed by atoms with Crippen LogP contribution in [-0.2, 0) is 17.6 Å². The molecule has 3 aliphatic rings. The molecule has 1 fully saturated rings. The molecular formula is C27H34N2O3. The van der Waals surface area contributed by atoms with Gasteiger partial charge in [-0.25, -0.2) is 0 Å². The van der Waals surface area contributed by atoms with Crippen molar-refractivity contribution in [2.45, 2.75) is 51.4 Å². The molecule has 0 saturated carbocycles. The zero-order valence-electron chi connectivity index (χ0n) is 18.9. The zero-order chi connectivity index (χ0) is 22.7. The van der Waals surface area contributed by atoms with Crippen LogP contribution in [0.3, 0.4) is 0 Å². The molecule has 0 atom stereocenters. The molecule has 1 N–H and O–H groups in total. The fourth-order valence-electron chi connectivity index (χ4n) is 5.34. The summed E-state index contributed by atoms with van der Waals surface area (Å²) in [7, 11) is 0. The minimum atomic E-state index is 0.123. The van der Waals surface area contributed by atoms with E-state index >= 15 is 0 Å². The largest absolute Gasteiger partial charge is 0.508 e. The number of piperidine rings is 1. The molecule has 4 rings (SSSR count). The minimum Gasteiger partial charge on any atom is -0.508 e. The van der Waals surface area contributed by atoms with Crippen LogP contribution < -0.4 is 4.90 Å². The van der Waals surface area contributed by atoms with Crippen LogP contribution in [-0.4, -0.2) is 47.9 Å². The third kappa shape index (κ3) is 4.88. The molecule has 5 nitrogen and oxygen atoms in total. The van der Waals surface area contributed by atoms with Gasteiger partial charge in [0.2, 0.25) is 5.91 Å². The van der Waals surface area contributed by atoms with Crippen molar-refractivity contribution in [3.63, 3.8) is 0 Å². The van der Waals surface area contributed by atoms with Crippen molar-refractivity contribution in [3.8, 4) is 0 Å². The Morgan fingerprint density at radius 1 is 1.09 bits per heavy atom. The molecule has 0 bridgehead atoms. The maximum atomic E-state index is 12.9. The fourth-order valence-corrected chi connectivity index (χ4v) is 5.34. The van der Waals surface area contributed by atoms with Crippen molar-refractivity contribution in [2.75, 3.05) is 31.1 Å². The quantitative estimate of drug-likeness (QED) is 0.345. The summed E-state index contributed by atoms with van der Waals surface area (Å²) in [6.07, 6.45) is 10.2. The summed E-state index contributed by atoms with van der Waals surface area (Å²) in [5, 5.41) is 9.66. The number of allylic oxidation sites excluding steroid dienone is 3. The van der Waals surface area contributed by atoms with Gasteiger partial charge in [0.25, 0.3) is 0 Å². The molecule has 1 saturated heterocycles. The molecule has 0 aromatic heterocycles. The standard InChI is InChI=1S/C27H34N2O3/c1-3-4-21(19(2)30)11-15-28-13-9-20(10-14-28)5-7-25(31)24-17-22-6-8-26(32)29-16-12-23(18-24)27(22)29/h3-4,17-18,20,30H,1-2,5-16H2/b21-4-. The molecule has 3 aliphatic heterocycles. The minimum absolute atomic E-state index is 0.123. The Balaban J connectivity index is 1.26. The Kier molecular flexibility index (Phi) is 6.95. The molecule has 32 heavy (non-hydrogen) atoms. The number of ketones is 1. The van der Waals surface area contributed by atoms with Crippen molar-refractivity contribution in [2.24, 2.45) is 5.92 Å². The number of hydrogen-bond donors (Lipinski definition) is 1. The van der Waals surface area contributed by atoms with E-state index in [0.717, 1.165) is 81.5 Å². The first kappa shape index (κ1) is 22.5. The van der Waals surface area contributed by atoms with Gasteiger partial charge in [-0.15, -0.1) is 0 Å². The number of hydrogen-bond acceptors (Lipinski definition) is 4. The predicted octanol–water partition coefficient (Wildman–Crippen LogP) is 4.77. The summed E-state index contributed by atoms with van der Waals surface area (Å²) in [6.45, 7) is 11.1. The van der Waals surface area contributed by atoms with Gasteiger partial charge in [-0.05, 0) is 86.4 Å². The Morgan fingerprint density at radius 3 is 2.50 bits per heavy atom. The lowest BCUT2D eigenvalue weighted by atomic mass is 9.89. The van der Waals surface area contributed by atoms with Gasteiger partial charge < -0.3 is 14.9 Å². The van der Waals surface area contributed by atoms with Crippen LogP contribution in [0, 0.1) is 5.92 Å². The average Bonchev–Trinajstić information content (AvgIpc) is 3.23. The Bertz CT molecular complexity index is 954. The maximum absolute atomic E-state index is 12.9. The van der Waals surface area contributed by atoms with Crippen molar-refractivity contribution < 1.29 is 14.7 Å². The number of anilines is 1. The van der Waals surface area contributed by atoms with Crippen molar-refractivity contribution >= 4 is 17.4 Å². The second-order valence-electron chi connectivity index (χ2n) is 9.31. The van der Waals surface area contributed by atoms with E-state index in [1.165, 1.54) is 11.1 Å². The summed E-state index contributed by atoms with van der Waals surface area (Å²) in [5.41, 5.74) is 5.10. The first-order valence-corrected chi connectivity index (χ1v) is 11.9. The molecule has 1 aromatic carbocycles. The number of likely N-dealkylation sites (tertiary alicyclic amines) is 1. The topological polar surface area (TPSA) is 60.9 Å². The van der Waals surface area contributed by atoms with Gasteiger partial charge in [0.15, 0.2) is 5.78 Å². The predicted molar refractivity (Wildman–Crippen MR) is 128 cm³/mol. The van der Waals surface area contributed by atoms with Crippen molar-refractivity contribution in [1.29, 1.82) is 0 Å². The summed E-state index contributed by atoms with van der Waals surface area (Å²) in [6, 6.07) is 4.07. The maximum Gasteiger partial charge on any atom is 0.227 e. The summed E-state index contributed by atoms with van der Waals surface area (Å²) in [4.78, 5) is 29.4. The van der Waals surface area contributed by atoms with Gasteiger partial charge in [-0.3, -0.25) is 9.59 Å². The molecule has 1 amide bonds. The monoisotopic (exact) mass is 434 g/mol. The highest BCUT2D eigenvalue weighted by molar-refractivity contribution is 6.02. The molecule has 0 spiro atoms. The van der Waals surface area contributed by atoms with Gasteiger partial charge in [0.05, 0.1) is 5.69 Å². The van der Waals surface area contributed by atoms with Crippen molar-refractivity contribution in [3.05, 3.63) is 65.5 Å². The average molecular weight is 435 g/mol. The van der Waals surface area contributed by atoms with Crippen LogP contribution in [0.1, 0.15) is 60.0 Å². The molecule has 5 heteroatoms. The Labute approximate surface area is 191 Å². The van der Waals surface area contributed by atoms with Crippen LogP contribution in [0.25, 0.3) is 0 Å². The van der Waals surface area contributed by atoms with Crippen LogP contribution in [0.4, 0.5) is 5.69 Å². The van der Waals surface area contributed by atoms with E-state index in [1.54, 1.807) is 6.08 Å². The van der Waals surface area contributed by atoms with Gasteiger partial charge in [0, 0.05) is 31.5 Å². The smallest absolute Gasteiger partial charge is 0.227 e. The molecule has 1 aromatic rings. The summed E-state index contributed by atoms with van der Waals surface area (Å²) >= 11 is 0. The molecular weight excluding hydrogens is 400 g/mol. The normalized spacial score (nSPS) is 19.2. The number of aliphatic hydroxyl groups excluding tert-OH is 1. The third-order valence-electron chi connectivity index (χ3n) is 7.25.